The van der Waals surface area contributed by atoms with E-state index in [1.54, 1.807) is 0 Å². The Morgan fingerprint density at radius 1 is 1.61 bits per heavy atom. The van der Waals surface area contributed by atoms with Crippen LogP contribution in [0.2, 0.25) is 0 Å². The van der Waals surface area contributed by atoms with Crippen LogP contribution >= 0.6 is 7.60 Å². The molecule has 18 heavy (non-hydrogen) atoms. The summed E-state index contributed by atoms with van der Waals surface area (Å²) in [5.41, 5.74) is 0.242. The Balaban J connectivity index is 2.40. The van der Waals surface area contributed by atoms with E-state index in [2.05, 4.69) is 5.32 Å². The molecule has 0 aromatic heterocycles. The molecule has 1 heterocycles. The largest absolute Gasteiger partial charge is 0.423 e. The highest BCUT2D eigenvalue weighted by molar-refractivity contribution is 7.54. The average Bonchev–Trinajstić information content (AvgIpc) is 2.55. The minimum atomic E-state index is -3.85. The van der Waals surface area contributed by atoms with E-state index < -0.39 is 18.3 Å². The lowest BCUT2D eigenvalue weighted by Gasteiger charge is -2.14. The summed E-state index contributed by atoms with van der Waals surface area (Å²) in [7, 11) is -3.85. The number of benzene rings is 1. The second-order valence-corrected chi connectivity index (χ2v) is 5.82. The van der Waals surface area contributed by atoms with Gasteiger partial charge >= 0.3 is 7.60 Å². The fourth-order valence-electron chi connectivity index (χ4n) is 1.82. The Hall–Kier alpha value is -1.43. The molecule has 1 aromatic carbocycles. The van der Waals surface area contributed by atoms with E-state index in [-0.39, 0.29) is 11.4 Å². The number of hydrogen-bond acceptors (Lipinski definition) is 5. The molecule has 98 valence electrons. The molecule has 1 aliphatic rings. The SMILES string of the molecule is CCCNC1c2cc([N+](=O)[O-])ccc2OP1(=O)O. The molecule has 0 aliphatic carbocycles. The third kappa shape index (κ3) is 2.25. The van der Waals surface area contributed by atoms with Crippen LogP contribution < -0.4 is 9.84 Å². The first-order chi connectivity index (χ1) is 8.45. The lowest BCUT2D eigenvalue weighted by atomic mass is 10.1. The summed E-state index contributed by atoms with van der Waals surface area (Å²) in [5, 5.41) is 13.6. The highest BCUT2D eigenvalue weighted by atomic mass is 31.2. The fourth-order valence-corrected chi connectivity index (χ4v) is 3.29. The topological polar surface area (TPSA) is 102 Å². The summed E-state index contributed by atoms with van der Waals surface area (Å²) in [6.45, 7) is 2.44. The minimum absolute atomic E-state index is 0.123. The van der Waals surface area contributed by atoms with E-state index >= 15 is 0 Å². The Kier molecular flexibility index (Phi) is 3.38. The van der Waals surface area contributed by atoms with Gasteiger partial charge in [0.25, 0.3) is 5.69 Å². The molecule has 0 fully saturated rings. The predicted molar refractivity (Wildman–Crippen MR) is 64.6 cm³/mol. The highest BCUT2D eigenvalue weighted by Crippen LogP contribution is 2.63. The van der Waals surface area contributed by atoms with Crippen molar-refractivity contribution in [3.63, 3.8) is 0 Å². The average molecular weight is 272 g/mol. The minimum Gasteiger partial charge on any atom is -0.423 e. The molecular weight excluding hydrogens is 259 g/mol. The van der Waals surface area contributed by atoms with Gasteiger partial charge in [0.1, 0.15) is 5.75 Å². The molecule has 1 aliphatic heterocycles. The van der Waals surface area contributed by atoms with Gasteiger partial charge in [0.2, 0.25) is 0 Å². The van der Waals surface area contributed by atoms with Crippen molar-refractivity contribution in [2.75, 3.05) is 6.54 Å². The van der Waals surface area contributed by atoms with Crippen molar-refractivity contribution < 1.29 is 18.9 Å². The monoisotopic (exact) mass is 272 g/mol. The zero-order chi connectivity index (χ0) is 13.3. The van der Waals surface area contributed by atoms with Crippen LogP contribution in [0.4, 0.5) is 5.69 Å². The van der Waals surface area contributed by atoms with Crippen LogP contribution in [0.25, 0.3) is 0 Å². The molecule has 0 radical (unpaired) electrons. The standard InChI is InChI=1S/C10H13N2O5P/c1-2-5-11-10-8-6-7(12(13)14)3-4-9(8)17-18(10,15)16/h3-4,6,10-11H,2,5H2,1H3,(H,15,16). The summed E-state index contributed by atoms with van der Waals surface area (Å²) in [6, 6.07) is 3.88. The van der Waals surface area contributed by atoms with Crippen molar-refractivity contribution in [2.45, 2.75) is 19.1 Å². The van der Waals surface area contributed by atoms with Gasteiger partial charge in [0.15, 0.2) is 5.78 Å². The molecule has 0 bridgehead atoms. The molecule has 2 atom stereocenters. The lowest BCUT2D eigenvalue weighted by Crippen LogP contribution is -2.20. The third-order valence-electron chi connectivity index (χ3n) is 2.64. The summed E-state index contributed by atoms with van der Waals surface area (Å²) in [5.74, 6) is -0.674. The molecule has 2 N–H and O–H groups in total. The number of fused-ring (bicyclic) bond motifs is 1. The van der Waals surface area contributed by atoms with Gasteiger partial charge in [-0.25, -0.2) is 4.57 Å². The first-order valence-corrected chi connectivity index (χ1v) is 7.14. The van der Waals surface area contributed by atoms with E-state index in [1.165, 1.54) is 18.2 Å². The number of nitrogens with zero attached hydrogens (tertiary/aromatic N) is 1. The van der Waals surface area contributed by atoms with Gasteiger partial charge in [-0.15, -0.1) is 0 Å². The fraction of sp³-hybridized carbons (Fsp3) is 0.400. The van der Waals surface area contributed by atoms with E-state index in [9.17, 15) is 19.6 Å². The first kappa shape index (κ1) is 13.0. The Bertz CT molecular complexity index is 533. The Morgan fingerprint density at radius 2 is 2.33 bits per heavy atom. The van der Waals surface area contributed by atoms with Crippen LogP contribution in [0.5, 0.6) is 5.75 Å². The molecule has 0 spiro atoms. The molecule has 2 rings (SSSR count). The second kappa shape index (κ2) is 4.68. The number of nitro groups is 1. The Morgan fingerprint density at radius 3 is 2.94 bits per heavy atom. The summed E-state index contributed by atoms with van der Waals surface area (Å²) in [6.07, 6.45) is 0.779. The second-order valence-electron chi connectivity index (χ2n) is 3.99. The maximum absolute atomic E-state index is 11.9. The molecule has 0 saturated carbocycles. The van der Waals surface area contributed by atoms with Crippen LogP contribution in [0.3, 0.4) is 0 Å². The summed E-state index contributed by atoms with van der Waals surface area (Å²) < 4.78 is 16.9. The van der Waals surface area contributed by atoms with Crippen molar-refractivity contribution in [3.05, 3.63) is 33.9 Å². The number of nitro benzene ring substituents is 1. The van der Waals surface area contributed by atoms with Crippen LogP contribution in [0, 0.1) is 10.1 Å². The summed E-state index contributed by atoms with van der Waals surface area (Å²) in [4.78, 5) is 19.9. The van der Waals surface area contributed by atoms with Gasteiger partial charge < -0.3 is 9.42 Å². The lowest BCUT2D eigenvalue weighted by molar-refractivity contribution is -0.384. The first-order valence-electron chi connectivity index (χ1n) is 5.49. The molecule has 1 aromatic rings. The molecule has 2 unspecified atom stereocenters. The Labute approximate surface area is 103 Å². The van der Waals surface area contributed by atoms with E-state index in [0.717, 1.165) is 6.42 Å². The quantitative estimate of drug-likeness (QED) is 0.494. The van der Waals surface area contributed by atoms with Gasteiger partial charge in [-0.3, -0.25) is 15.4 Å². The number of non-ortho nitro benzene ring substituents is 1. The van der Waals surface area contributed by atoms with Crippen LogP contribution in [-0.2, 0) is 4.57 Å². The van der Waals surface area contributed by atoms with Crippen molar-refractivity contribution >= 4 is 13.3 Å². The normalized spacial score (nSPS) is 25.6. The highest BCUT2D eigenvalue weighted by Gasteiger charge is 2.44. The van der Waals surface area contributed by atoms with Gasteiger partial charge in [-0.2, -0.15) is 0 Å². The van der Waals surface area contributed by atoms with Crippen molar-refractivity contribution in [2.24, 2.45) is 0 Å². The molecule has 8 heteroatoms. The molecule has 0 amide bonds. The zero-order valence-corrected chi connectivity index (χ0v) is 10.6. The van der Waals surface area contributed by atoms with Crippen molar-refractivity contribution in [1.29, 1.82) is 0 Å². The summed E-state index contributed by atoms with van der Waals surface area (Å²) >= 11 is 0. The molecule has 0 saturated heterocycles. The van der Waals surface area contributed by atoms with Crippen molar-refractivity contribution in [3.8, 4) is 5.75 Å². The van der Waals surface area contributed by atoms with Gasteiger partial charge in [0.05, 0.1) is 4.92 Å². The van der Waals surface area contributed by atoms with Gasteiger partial charge in [0, 0.05) is 17.7 Å². The molecular formula is C10H13N2O5P. The predicted octanol–water partition coefficient (Wildman–Crippen LogP) is 2.17. The zero-order valence-electron chi connectivity index (χ0n) is 9.70. The van der Waals surface area contributed by atoms with E-state index in [0.29, 0.717) is 12.1 Å². The smallest absolute Gasteiger partial charge is 0.398 e. The molecule has 7 nitrogen and oxygen atoms in total. The maximum atomic E-state index is 11.9. The van der Waals surface area contributed by atoms with Gasteiger partial charge in [-0.05, 0) is 19.0 Å². The van der Waals surface area contributed by atoms with Crippen LogP contribution in [0.15, 0.2) is 18.2 Å². The van der Waals surface area contributed by atoms with E-state index in [1.807, 2.05) is 6.92 Å². The number of nitrogens with one attached hydrogen (secondary N) is 1. The number of hydrogen-bond donors (Lipinski definition) is 2. The third-order valence-corrected chi connectivity index (χ3v) is 4.21. The maximum Gasteiger partial charge on any atom is 0.398 e. The van der Waals surface area contributed by atoms with Crippen molar-refractivity contribution in [1.82, 2.24) is 5.32 Å². The van der Waals surface area contributed by atoms with Crippen LogP contribution in [0.1, 0.15) is 24.7 Å². The van der Waals surface area contributed by atoms with E-state index in [4.69, 9.17) is 4.52 Å². The van der Waals surface area contributed by atoms with Gasteiger partial charge in [-0.1, -0.05) is 6.92 Å². The van der Waals surface area contributed by atoms with Crippen LogP contribution in [-0.4, -0.2) is 16.4 Å². The number of rotatable bonds is 4.